The lowest BCUT2D eigenvalue weighted by atomic mass is 10.2. The second kappa shape index (κ2) is 9.30. The van der Waals surface area contributed by atoms with E-state index < -0.39 is 0 Å². The Morgan fingerprint density at radius 1 is 1.35 bits per heavy atom. The van der Waals surface area contributed by atoms with Gasteiger partial charge in [0.25, 0.3) is 0 Å². The van der Waals surface area contributed by atoms with Crippen LogP contribution in [0.2, 0.25) is 0 Å². The quantitative estimate of drug-likeness (QED) is 0.555. The predicted molar refractivity (Wildman–Crippen MR) is 76.8 cm³/mol. The van der Waals surface area contributed by atoms with Crippen LogP contribution >= 0.6 is 11.3 Å². The second-order valence-corrected chi connectivity index (χ2v) is 4.91. The number of esters is 2. The normalized spacial score (nSPS) is 10.1. The van der Waals surface area contributed by atoms with Crippen LogP contribution in [0.1, 0.15) is 31.9 Å². The fourth-order valence-corrected chi connectivity index (χ4v) is 2.27. The maximum atomic E-state index is 11.1. The second-order valence-electron chi connectivity index (χ2n) is 4.06. The van der Waals surface area contributed by atoms with E-state index in [0.717, 1.165) is 10.8 Å². The third-order valence-electron chi connectivity index (χ3n) is 2.50. The number of rotatable bonds is 9. The number of carbonyl (C=O) groups excluding carboxylic acids is 2. The van der Waals surface area contributed by atoms with Gasteiger partial charge in [0.05, 0.1) is 25.8 Å². The number of anilines is 1. The minimum atomic E-state index is -0.234. The van der Waals surface area contributed by atoms with Gasteiger partial charge in [0, 0.05) is 24.8 Å². The van der Waals surface area contributed by atoms with E-state index in [9.17, 15) is 9.59 Å². The van der Waals surface area contributed by atoms with Gasteiger partial charge >= 0.3 is 11.9 Å². The summed E-state index contributed by atoms with van der Waals surface area (Å²) in [5.41, 5.74) is 0.869. The molecule has 20 heavy (non-hydrogen) atoms. The highest BCUT2D eigenvalue weighted by molar-refractivity contribution is 7.13. The maximum absolute atomic E-state index is 11.1. The molecular weight excluding hydrogens is 280 g/mol. The fourth-order valence-electron chi connectivity index (χ4n) is 1.50. The third kappa shape index (κ3) is 6.51. The molecule has 0 aliphatic heterocycles. The zero-order valence-electron chi connectivity index (χ0n) is 11.8. The molecule has 0 aliphatic carbocycles. The smallest absolute Gasteiger partial charge is 0.305 e. The fraction of sp³-hybridized carbons (Fsp3) is 0.615. The summed E-state index contributed by atoms with van der Waals surface area (Å²) in [6.45, 7) is 2.88. The van der Waals surface area contributed by atoms with Crippen molar-refractivity contribution in [1.82, 2.24) is 4.98 Å². The molecule has 0 radical (unpaired) electrons. The number of hydrogen-bond acceptors (Lipinski definition) is 7. The molecule has 1 rings (SSSR count). The molecule has 0 fully saturated rings. The Hall–Kier alpha value is -1.63. The molecular formula is C13H20N2O4S. The van der Waals surface area contributed by atoms with Crippen LogP contribution in [0, 0.1) is 0 Å². The van der Waals surface area contributed by atoms with Crippen molar-refractivity contribution in [3.8, 4) is 0 Å². The monoisotopic (exact) mass is 300 g/mol. The molecule has 1 aromatic rings. The summed E-state index contributed by atoms with van der Waals surface area (Å²) in [5, 5.41) is 5.86. The Bertz CT molecular complexity index is 434. The zero-order valence-corrected chi connectivity index (χ0v) is 12.6. The van der Waals surface area contributed by atoms with Gasteiger partial charge in [0.1, 0.15) is 0 Å². The van der Waals surface area contributed by atoms with Crippen molar-refractivity contribution in [2.75, 3.05) is 25.6 Å². The summed E-state index contributed by atoms with van der Waals surface area (Å²) in [5.74, 6) is -0.408. The first-order chi connectivity index (χ1) is 9.65. The van der Waals surface area contributed by atoms with Gasteiger partial charge in [-0.05, 0) is 13.3 Å². The number of aromatic nitrogens is 1. The lowest BCUT2D eigenvalue weighted by molar-refractivity contribution is -0.143. The van der Waals surface area contributed by atoms with Crippen LogP contribution in [0.15, 0.2) is 5.38 Å². The number of ether oxygens (including phenoxy) is 2. The highest BCUT2D eigenvalue weighted by Gasteiger charge is 2.06. The van der Waals surface area contributed by atoms with Crippen molar-refractivity contribution in [3.05, 3.63) is 11.1 Å². The first kappa shape index (κ1) is 16.4. The molecule has 6 nitrogen and oxygen atoms in total. The molecule has 112 valence electrons. The van der Waals surface area contributed by atoms with Crippen molar-refractivity contribution in [1.29, 1.82) is 0 Å². The molecule has 0 aliphatic rings. The summed E-state index contributed by atoms with van der Waals surface area (Å²) >= 11 is 1.49. The molecule has 1 aromatic heterocycles. The molecule has 0 aromatic carbocycles. The van der Waals surface area contributed by atoms with E-state index in [1.54, 1.807) is 6.92 Å². The number of aryl methyl sites for hydroxylation is 1. The van der Waals surface area contributed by atoms with Crippen LogP contribution in [-0.4, -0.2) is 37.2 Å². The van der Waals surface area contributed by atoms with E-state index in [1.165, 1.54) is 18.4 Å². The summed E-state index contributed by atoms with van der Waals surface area (Å²) in [7, 11) is 1.37. The Kier molecular flexibility index (Phi) is 7.64. The van der Waals surface area contributed by atoms with Gasteiger partial charge in [0.2, 0.25) is 0 Å². The van der Waals surface area contributed by atoms with Gasteiger partial charge in [0.15, 0.2) is 5.13 Å². The Morgan fingerprint density at radius 3 is 2.85 bits per heavy atom. The molecule has 0 saturated carbocycles. The molecule has 0 bridgehead atoms. The number of hydrogen-bond donors (Lipinski definition) is 1. The molecule has 0 amide bonds. The lowest BCUT2D eigenvalue weighted by Crippen LogP contribution is -2.08. The summed E-state index contributed by atoms with van der Waals surface area (Å²) in [6, 6.07) is 0. The van der Waals surface area contributed by atoms with Gasteiger partial charge < -0.3 is 14.8 Å². The van der Waals surface area contributed by atoms with E-state index in [0.29, 0.717) is 38.8 Å². The van der Waals surface area contributed by atoms with Gasteiger partial charge in [-0.25, -0.2) is 4.98 Å². The number of nitrogens with one attached hydrogen (secondary N) is 1. The summed E-state index contributed by atoms with van der Waals surface area (Å²) < 4.78 is 9.42. The molecule has 0 atom stereocenters. The van der Waals surface area contributed by atoms with Crippen molar-refractivity contribution in [2.45, 2.75) is 32.6 Å². The van der Waals surface area contributed by atoms with Crippen molar-refractivity contribution in [2.24, 2.45) is 0 Å². The third-order valence-corrected chi connectivity index (χ3v) is 3.35. The average molecular weight is 300 g/mol. The number of thiazole rings is 1. The molecule has 7 heteroatoms. The van der Waals surface area contributed by atoms with E-state index in [2.05, 4.69) is 15.0 Å². The van der Waals surface area contributed by atoms with Crippen molar-refractivity contribution in [3.63, 3.8) is 0 Å². The van der Waals surface area contributed by atoms with Crippen LogP contribution in [0.3, 0.4) is 0 Å². The number of carbonyl (C=O) groups is 2. The van der Waals surface area contributed by atoms with Crippen molar-refractivity contribution >= 4 is 28.4 Å². The first-order valence-electron chi connectivity index (χ1n) is 6.56. The van der Waals surface area contributed by atoms with E-state index >= 15 is 0 Å². The van der Waals surface area contributed by atoms with Crippen molar-refractivity contribution < 1.29 is 19.1 Å². The Labute approximate surface area is 122 Å². The Balaban J connectivity index is 2.20. The highest BCUT2D eigenvalue weighted by Crippen LogP contribution is 2.16. The molecule has 1 N–H and O–H groups in total. The first-order valence-corrected chi connectivity index (χ1v) is 7.44. The molecule has 0 saturated heterocycles. The van der Waals surface area contributed by atoms with E-state index in [-0.39, 0.29) is 11.9 Å². The predicted octanol–water partition coefficient (Wildman–Crippen LogP) is 2.00. The number of methoxy groups -OCH3 is 1. The van der Waals surface area contributed by atoms with Gasteiger partial charge in [-0.1, -0.05) is 0 Å². The summed E-state index contributed by atoms with van der Waals surface area (Å²) in [6.07, 6.45) is 2.02. The van der Waals surface area contributed by atoms with E-state index in [4.69, 9.17) is 4.74 Å². The van der Waals surface area contributed by atoms with Crippen LogP contribution in [-0.2, 0) is 25.5 Å². The highest BCUT2D eigenvalue weighted by atomic mass is 32.1. The Morgan fingerprint density at radius 2 is 2.15 bits per heavy atom. The van der Waals surface area contributed by atoms with Crippen LogP contribution in [0.25, 0.3) is 0 Å². The molecule has 0 unspecified atom stereocenters. The van der Waals surface area contributed by atoms with Crippen LogP contribution in [0.4, 0.5) is 5.13 Å². The SMILES string of the molecule is CCOC(=O)CCCNc1nc(CCC(=O)OC)cs1. The van der Waals surface area contributed by atoms with Gasteiger partial charge in [-0.3, -0.25) is 9.59 Å². The van der Waals surface area contributed by atoms with E-state index in [1.807, 2.05) is 5.38 Å². The topological polar surface area (TPSA) is 77.5 Å². The number of nitrogens with zero attached hydrogens (tertiary/aromatic N) is 1. The lowest BCUT2D eigenvalue weighted by Gasteiger charge is -2.02. The molecule has 1 heterocycles. The summed E-state index contributed by atoms with van der Waals surface area (Å²) in [4.78, 5) is 26.5. The standard InChI is InChI=1S/C13H20N2O4S/c1-3-19-12(17)5-4-8-14-13-15-10(9-20-13)6-7-11(16)18-2/h9H,3-8H2,1-2H3,(H,14,15). The van der Waals surface area contributed by atoms with Crippen LogP contribution < -0.4 is 5.32 Å². The van der Waals surface area contributed by atoms with Crippen LogP contribution in [0.5, 0.6) is 0 Å². The largest absolute Gasteiger partial charge is 0.469 e. The minimum Gasteiger partial charge on any atom is -0.469 e. The minimum absolute atomic E-state index is 0.174. The maximum Gasteiger partial charge on any atom is 0.305 e. The zero-order chi connectivity index (χ0) is 14.8. The van der Waals surface area contributed by atoms with Gasteiger partial charge in [-0.15, -0.1) is 11.3 Å². The molecule has 0 spiro atoms. The average Bonchev–Trinajstić information content (AvgIpc) is 2.89. The van der Waals surface area contributed by atoms with Gasteiger partial charge in [-0.2, -0.15) is 0 Å².